The summed E-state index contributed by atoms with van der Waals surface area (Å²) in [5.74, 6) is 0.787. The first kappa shape index (κ1) is 12.3. The lowest BCUT2D eigenvalue weighted by molar-refractivity contribution is 0.0347. The quantitative estimate of drug-likeness (QED) is 0.818. The molecular formula is C12H18N6O. The molecule has 102 valence electrons. The topological polar surface area (TPSA) is 77.2 Å². The summed E-state index contributed by atoms with van der Waals surface area (Å²) in [6, 6.07) is 0. The van der Waals surface area contributed by atoms with Crippen LogP contribution in [0.4, 0.5) is 5.82 Å². The van der Waals surface area contributed by atoms with Crippen molar-refractivity contribution in [3.05, 3.63) is 12.4 Å². The van der Waals surface area contributed by atoms with Crippen molar-refractivity contribution in [3.8, 4) is 0 Å². The fraction of sp³-hybridized carbons (Fsp3) is 0.667. The summed E-state index contributed by atoms with van der Waals surface area (Å²) in [6.45, 7) is 1.43. The van der Waals surface area contributed by atoms with Crippen molar-refractivity contribution in [2.75, 3.05) is 18.5 Å². The summed E-state index contributed by atoms with van der Waals surface area (Å²) in [4.78, 5) is 4.09. The van der Waals surface area contributed by atoms with Gasteiger partial charge in [-0.05, 0) is 23.3 Å². The summed E-state index contributed by atoms with van der Waals surface area (Å²) in [5, 5.41) is 14.6. The standard InChI is InChI=1S/C12H18N6O/c1-2-4-10(5-3-1)19-7-6-14-11-8-13-9-12-15-16-17-18(11)12/h8-10,14H,1-7H2. The molecule has 2 heterocycles. The molecule has 0 atom stereocenters. The molecule has 0 saturated heterocycles. The number of hydrogen-bond acceptors (Lipinski definition) is 6. The van der Waals surface area contributed by atoms with Crippen LogP contribution >= 0.6 is 0 Å². The van der Waals surface area contributed by atoms with Crippen molar-refractivity contribution in [2.45, 2.75) is 38.2 Å². The van der Waals surface area contributed by atoms with Crippen LogP contribution in [0.3, 0.4) is 0 Å². The Labute approximate surface area is 111 Å². The van der Waals surface area contributed by atoms with Gasteiger partial charge in [0.2, 0.25) is 0 Å². The number of fused-ring (bicyclic) bond motifs is 1. The molecule has 1 saturated carbocycles. The summed E-state index contributed by atoms with van der Waals surface area (Å²) in [7, 11) is 0. The molecule has 2 aromatic heterocycles. The number of anilines is 1. The smallest absolute Gasteiger partial charge is 0.199 e. The second kappa shape index (κ2) is 5.92. The maximum absolute atomic E-state index is 5.85. The zero-order valence-electron chi connectivity index (χ0n) is 10.8. The van der Waals surface area contributed by atoms with Crippen LogP contribution in [0.1, 0.15) is 32.1 Å². The Balaban J connectivity index is 1.48. The largest absolute Gasteiger partial charge is 0.376 e. The number of nitrogens with zero attached hydrogens (tertiary/aromatic N) is 5. The van der Waals surface area contributed by atoms with Gasteiger partial charge in [0.1, 0.15) is 5.82 Å². The van der Waals surface area contributed by atoms with Gasteiger partial charge in [0, 0.05) is 6.54 Å². The minimum absolute atomic E-state index is 0.442. The van der Waals surface area contributed by atoms with Gasteiger partial charge in [-0.3, -0.25) is 4.98 Å². The van der Waals surface area contributed by atoms with E-state index >= 15 is 0 Å². The minimum Gasteiger partial charge on any atom is -0.376 e. The lowest BCUT2D eigenvalue weighted by atomic mass is 9.98. The van der Waals surface area contributed by atoms with E-state index in [0.29, 0.717) is 18.4 Å². The molecule has 0 spiro atoms. The number of hydrogen-bond donors (Lipinski definition) is 1. The molecule has 7 heteroatoms. The van der Waals surface area contributed by atoms with Crippen molar-refractivity contribution in [3.63, 3.8) is 0 Å². The first-order valence-electron chi connectivity index (χ1n) is 6.81. The SMILES string of the molecule is c1ncc2nnnn2c1NCCOC1CCCCC1. The normalized spacial score (nSPS) is 16.8. The van der Waals surface area contributed by atoms with Crippen molar-refractivity contribution < 1.29 is 4.74 Å². The van der Waals surface area contributed by atoms with E-state index in [1.54, 1.807) is 16.9 Å². The third-order valence-electron chi connectivity index (χ3n) is 3.42. The molecule has 0 radical (unpaired) electrons. The van der Waals surface area contributed by atoms with E-state index in [4.69, 9.17) is 4.74 Å². The Morgan fingerprint density at radius 2 is 2.16 bits per heavy atom. The molecule has 0 amide bonds. The van der Waals surface area contributed by atoms with Crippen LogP contribution in [-0.4, -0.2) is 44.3 Å². The highest BCUT2D eigenvalue weighted by atomic mass is 16.5. The number of aromatic nitrogens is 5. The molecule has 0 unspecified atom stereocenters. The maximum atomic E-state index is 5.85. The first-order chi connectivity index (χ1) is 9.43. The van der Waals surface area contributed by atoms with E-state index in [1.165, 1.54) is 32.1 Å². The van der Waals surface area contributed by atoms with Crippen LogP contribution in [0.2, 0.25) is 0 Å². The predicted octanol–water partition coefficient (Wildman–Crippen LogP) is 1.28. The molecule has 1 aliphatic carbocycles. The third kappa shape index (κ3) is 2.98. The highest BCUT2D eigenvalue weighted by molar-refractivity contribution is 5.43. The fourth-order valence-electron chi connectivity index (χ4n) is 2.43. The zero-order valence-corrected chi connectivity index (χ0v) is 10.8. The van der Waals surface area contributed by atoms with Crippen LogP contribution in [0, 0.1) is 0 Å². The molecule has 1 fully saturated rings. The summed E-state index contributed by atoms with van der Waals surface area (Å²) in [5.41, 5.74) is 0.637. The molecule has 7 nitrogen and oxygen atoms in total. The van der Waals surface area contributed by atoms with Gasteiger partial charge in [-0.25, -0.2) is 0 Å². The van der Waals surface area contributed by atoms with Gasteiger partial charge in [-0.2, -0.15) is 4.52 Å². The van der Waals surface area contributed by atoms with E-state index in [-0.39, 0.29) is 0 Å². The monoisotopic (exact) mass is 262 g/mol. The Hall–Kier alpha value is -1.76. The number of ether oxygens (including phenoxy) is 1. The zero-order chi connectivity index (χ0) is 12.9. The van der Waals surface area contributed by atoms with Gasteiger partial charge in [-0.15, -0.1) is 5.10 Å². The molecule has 0 aromatic carbocycles. The van der Waals surface area contributed by atoms with E-state index < -0.39 is 0 Å². The van der Waals surface area contributed by atoms with Gasteiger partial charge in [0.25, 0.3) is 0 Å². The van der Waals surface area contributed by atoms with Gasteiger partial charge in [0.05, 0.1) is 25.1 Å². The molecule has 1 N–H and O–H groups in total. The molecule has 0 bridgehead atoms. The average molecular weight is 262 g/mol. The van der Waals surface area contributed by atoms with Gasteiger partial charge in [0.15, 0.2) is 5.65 Å². The second-order valence-corrected chi connectivity index (χ2v) is 4.80. The predicted molar refractivity (Wildman–Crippen MR) is 69.9 cm³/mol. The molecule has 2 aromatic rings. The number of rotatable bonds is 5. The summed E-state index contributed by atoms with van der Waals surface area (Å²) in [6.07, 6.45) is 10.1. The molecular weight excluding hydrogens is 244 g/mol. The van der Waals surface area contributed by atoms with Crippen LogP contribution in [0.15, 0.2) is 12.4 Å². The van der Waals surface area contributed by atoms with E-state index in [2.05, 4.69) is 25.8 Å². The van der Waals surface area contributed by atoms with Crippen molar-refractivity contribution in [2.24, 2.45) is 0 Å². The Kier molecular flexibility index (Phi) is 3.83. The molecule has 3 rings (SSSR count). The second-order valence-electron chi connectivity index (χ2n) is 4.80. The van der Waals surface area contributed by atoms with Crippen molar-refractivity contribution in [1.82, 2.24) is 25.0 Å². The summed E-state index contributed by atoms with van der Waals surface area (Å²) < 4.78 is 7.49. The van der Waals surface area contributed by atoms with Gasteiger partial charge in [-0.1, -0.05) is 19.3 Å². The highest BCUT2D eigenvalue weighted by Gasteiger charge is 2.13. The lowest BCUT2D eigenvalue weighted by Gasteiger charge is -2.22. The first-order valence-corrected chi connectivity index (χ1v) is 6.81. The van der Waals surface area contributed by atoms with E-state index in [1.807, 2.05) is 0 Å². The Morgan fingerprint density at radius 1 is 1.26 bits per heavy atom. The maximum Gasteiger partial charge on any atom is 0.199 e. The van der Waals surface area contributed by atoms with Crippen LogP contribution < -0.4 is 5.32 Å². The van der Waals surface area contributed by atoms with Crippen molar-refractivity contribution >= 4 is 11.5 Å². The fourth-order valence-corrected chi connectivity index (χ4v) is 2.43. The highest BCUT2D eigenvalue weighted by Crippen LogP contribution is 2.19. The van der Waals surface area contributed by atoms with Crippen LogP contribution in [0.25, 0.3) is 5.65 Å². The van der Waals surface area contributed by atoms with E-state index in [0.717, 1.165) is 12.4 Å². The van der Waals surface area contributed by atoms with Crippen molar-refractivity contribution in [1.29, 1.82) is 0 Å². The van der Waals surface area contributed by atoms with Gasteiger partial charge >= 0.3 is 0 Å². The molecule has 19 heavy (non-hydrogen) atoms. The number of tetrazole rings is 1. The number of nitrogens with one attached hydrogen (secondary N) is 1. The minimum atomic E-state index is 0.442. The summed E-state index contributed by atoms with van der Waals surface area (Å²) >= 11 is 0. The Morgan fingerprint density at radius 3 is 3.05 bits per heavy atom. The van der Waals surface area contributed by atoms with E-state index in [9.17, 15) is 0 Å². The van der Waals surface area contributed by atoms with Gasteiger partial charge < -0.3 is 10.1 Å². The molecule has 0 aliphatic heterocycles. The molecule has 1 aliphatic rings. The average Bonchev–Trinajstić information content (AvgIpc) is 2.94. The Bertz CT molecular complexity index is 522. The van der Waals surface area contributed by atoms with Crippen LogP contribution in [0.5, 0.6) is 0 Å². The van der Waals surface area contributed by atoms with Crippen LogP contribution in [-0.2, 0) is 4.74 Å². The lowest BCUT2D eigenvalue weighted by Crippen LogP contribution is -2.21. The third-order valence-corrected chi connectivity index (χ3v) is 3.42.